The maximum atomic E-state index is 11.7. The molecule has 0 unspecified atom stereocenters. The monoisotopic (exact) mass is 360 g/mol. The first kappa shape index (κ1) is 16.4. The van der Waals surface area contributed by atoms with Crippen molar-refractivity contribution >= 4 is 28.1 Å². The van der Waals surface area contributed by atoms with Crippen LogP contribution in [-0.2, 0) is 4.79 Å². The number of aliphatic hydroxyl groups excluding tert-OH is 1. The van der Waals surface area contributed by atoms with E-state index in [4.69, 9.17) is 0 Å². The van der Waals surface area contributed by atoms with E-state index in [9.17, 15) is 9.90 Å². The first-order valence-electron chi connectivity index (χ1n) is 6.95. The lowest BCUT2D eigenvalue weighted by molar-refractivity contribution is -0.121. The average molecular weight is 361 g/mol. The summed E-state index contributed by atoms with van der Waals surface area (Å²) >= 11 is 3.35. The van der Waals surface area contributed by atoms with Crippen LogP contribution in [0.3, 0.4) is 0 Å². The summed E-state index contributed by atoms with van der Waals surface area (Å²) in [6, 6.07) is 16.9. The molecule has 0 saturated carbocycles. The van der Waals surface area contributed by atoms with Crippen LogP contribution in [0.5, 0.6) is 0 Å². The molecule has 5 heteroatoms. The highest BCUT2D eigenvalue weighted by molar-refractivity contribution is 9.10. The van der Waals surface area contributed by atoms with E-state index in [0.29, 0.717) is 6.42 Å². The van der Waals surface area contributed by atoms with Gasteiger partial charge >= 0.3 is 0 Å². The molecule has 0 heterocycles. The predicted molar refractivity (Wildman–Crippen MR) is 90.5 cm³/mol. The summed E-state index contributed by atoms with van der Waals surface area (Å²) in [5, 5.41) is 13.9. The highest BCUT2D eigenvalue weighted by atomic mass is 79.9. The van der Waals surface area contributed by atoms with Crippen molar-refractivity contribution in [2.75, 3.05) is 0 Å². The first-order valence-corrected chi connectivity index (χ1v) is 7.75. The van der Waals surface area contributed by atoms with Crippen LogP contribution >= 0.6 is 15.9 Å². The zero-order chi connectivity index (χ0) is 15.8. The third kappa shape index (κ3) is 5.42. The van der Waals surface area contributed by atoms with E-state index < -0.39 is 6.10 Å². The van der Waals surface area contributed by atoms with Crippen LogP contribution in [0.2, 0.25) is 0 Å². The maximum Gasteiger partial charge on any atom is 0.240 e. The standard InChI is InChI=1S/C17H17BrN2O2/c18-15-8-6-13(7-9-15)12-19-20-17(22)11-10-16(21)14-4-2-1-3-5-14/h1-9,12,16,21H,10-11H2,(H,20,22)/b19-12-/t16-/m0/s1. The van der Waals surface area contributed by atoms with Crippen LogP contribution in [0.4, 0.5) is 0 Å². The lowest BCUT2D eigenvalue weighted by Crippen LogP contribution is -2.18. The van der Waals surface area contributed by atoms with Gasteiger partial charge in [0, 0.05) is 10.9 Å². The SMILES string of the molecule is O=C(CC[C@H](O)c1ccccc1)N/N=C\c1ccc(Br)cc1. The number of rotatable bonds is 6. The van der Waals surface area contributed by atoms with E-state index in [2.05, 4.69) is 26.5 Å². The summed E-state index contributed by atoms with van der Waals surface area (Å²) in [4.78, 5) is 11.7. The molecule has 0 aliphatic heterocycles. The Hall–Kier alpha value is -1.98. The van der Waals surface area contributed by atoms with Crippen molar-refractivity contribution in [2.45, 2.75) is 18.9 Å². The van der Waals surface area contributed by atoms with Crippen LogP contribution < -0.4 is 5.43 Å². The van der Waals surface area contributed by atoms with Gasteiger partial charge in [0.1, 0.15) is 0 Å². The van der Waals surface area contributed by atoms with E-state index in [1.807, 2.05) is 54.6 Å². The van der Waals surface area contributed by atoms with E-state index in [1.165, 1.54) is 0 Å². The Bertz CT molecular complexity index is 627. The molecule has 0 fully saturated rings. The van der Waals surface area contributed by atoms with E-state index in [-0.39, 0.29) is 12.3 Å². The number of amides is 1. The lowest BCUT2D eigenvalue weighted by Gasteiger charge is -2.09. The minimum Gasteiger partial charge on any atom is -0.388 e. The predicted octanol–water partition coefficient (Wildman–Crippen LogP) is 3.41. The third-order valence-corrected chi connectivity index (χ3v) is 3.63. The minimum absolute atomic E-state index is 0.216. The molecule has 0 radical (unpaired) electrons. The Morgan fingerprint density at radius 2 is 1.86 bits per heavy atom. The number of carbonyl (C=O) groups is 1. The maximum absolute atomic E-state index is 11.7. The van der Waals surface area contributed by atoms with Crippen LogP contribution in [-0.4, -0.2) is 17.2 Å². The fourth-order valence-electron chi connectivity index (χ4n) is 1.89. The van der Waals surface area contributed by atoms with Crippen molar-refractivity contribution in [1.29, 1.82) is 0 Å². The second kappa shape index (κ2) is 8.46. The normalized spacial score (nSPS) is 12.3. The molecule has 0 bridgehead atoms. The molecule has 2 rings (SSSR count). The second-order valence-corrected chi connectivity index (χ2v) is 5.73. The number of benzene rings is 2. The second-order valence-electron chi connectivity index (χ2n) is 4.81. The molecular weight excluding hydrogens is 344 g/mol. The molecule has 0 saturated heterocycles. The van der Waals surface area contributed by atoms with Crippen molar-refractivity contribution in [3.63, 3.8) is 0 Å². The van der Waals surface area contributed by atoms with Crippen LogP contribution in [0.15, 0.2) is 64.2 Å². The average Bonchev–Trinajstić information content (AvgIpc) is 2.55. The molecular formula is C17H17BrN2O2. The number of aliphatic hydroxyl groups is 1. The molecule has 1 amide bonds. The smallest absolute Gasteiger partial charge is 0.240 e. The van der Waals surface area contributed by atoms with Crippen molar-refractivity contribution < 1.29 is 9.90 Å². The summed E-state index contributed by atoms with van der Waals surface area (Å²) in [7, 11) is 0. The van der Waals surface area contributed by atoms with Gasteiger partial charge in [0.15, 0.2) is 0 Å². The topological polar surface area (TPSA) is 61.7 Å². The Morgan fingerprint density at radius 1 is 1.18 bits per heavy atom. The fourth-order valence-corrected chi connectivity index (χ4v) is 2.16. The lowest BCUT2D eigenvalue weighted by atomic mass is 10.1. The number of carbonyl (C=O) groups excluding carboxylic acids is 1. The minimum atomic E-state index is -0.637. The Kier molecular flexibility index (Phi) is 6.30. The van der Waals surface area contributed by atoms with Gasteiger partial charge in [-0.15, -0.1) is 0 Å². The van der Waals surface area contributed by atoms with Gasteiger partial charge in [-0.05, 0) is 29.7 Å². The summed E-state index contributed by atoms with van der Waals surface area (Å²) < 4.78 is 0.989. The zero-order valence-electron chi connectivity index (χ0n) is 11.9. The molecule has 22 heavy (non-hydrogen) atoms. The molecule has 1 atom stereocenters. The highest BCUT2D eigenvalue weighted by Gasteiger charge is 2.09. The van der Waals surface area contributed by atoms with E-state index >= 15 is 0 Å². The summed E-state index contributed by atoms with van der Waals surface area (Å²) in [6.45, 7) is 0. The fraction of sp³-hybridized carbons (Fsp3) is 0.176. The van der Waals surface area contributed by atoms with Gasteiger partial charge in [0.05, 0.1) is 12.3 Å². The van der Waals surface area contributed by atoms with E-state index in [0.717, 1.165) is 15.6 Å². The van der Waals surface area contributed by atoms with Crippen LogP contribution in [0, 0.1) is 0 Å². The Morgan fingerprint density at radius 3 is 2.55 bits per heavy atom. The molecule has 0 spiro atoms. The van der Waals surface area contributed by atoms with E-state index in [1.54, 1.807) is 6.21 Å². The Balaban J connectivity index is 1.75. The molecule has 2 aromatic rings. The summed E-state index contributed by atoms with van der Waals surface area (Å²) in [5.74, 6) is -0.219. The highest BCUT2D eigenvalue weighted by Crippen LogP contribution is 2.17. The van der Waals surface area contributed by atoms with Gasteiger partial charge in [-0.3, -0.25) is 4.79 Å². The number of hydrazone groups is 1. The number of nitrogens with one attached hydrogen (secondary N) is 1. The first-order chi connectivity index (χ1) is 10.6. The summed E-state index contributed by atoms with van der Waals surface area (Å²) in [6.07, 6.45) is 1.53. The van der Waals surface area contributed by atoms with Crippen molar-refractivity contribution in [2.24, 2.45) is 5.10 Å². The number of nitrogens with zero attached hydrogens (tertiary/aromatic N) is 1. The quantitative estimate of drug-likeness (QED) is 0.612. The van der Waals surface area contributed by atoms with Gasteiger partial charge in [-0.25, -0.2) is 5.43 Å². The van der Waals surface area contributed by atoms with Gasteiger partial charge in [0.2, 0.25) is 5.91 Å². The third-order valence-electron chi connectivity index (χ3n) is 3.10. The van der Waals surface area contributed by atoms with Gasteiger partial charge in [-0.2, -0.15) is 5.10 Å². The van der Waals surface area contributed by atoms with Crippen molar-refractivity contribution in [3.05, 3.63) is 70.2 Å². The van der Waals surface area contributed by atoms with Gasteiger partial charge in [0.25, 0.3) is 0 Å². The number of hydrogen-bond donors (Lipinski definition) is 2. The number of halogens is 1. The molecule has 0 aliphatic carbocycles. The molecule has 2 N–H and O–H groups in total. The summed E-state index contributed by atoms with van der Waals surface area (Å²) in [5.41, 5.74) is 4.17. The zero-order valence-corrected chi connectivity index (χ0v) is 13.5. The Labute approximate surface area is 138 Å². The van der Waals surface area contributed by atoms with Crippen LogP contribution in [0.1, 0.15) is 30.1 Å². The molecule has 0 aromatic heterocycles. The molecule has 114 valence electrons. The van der Waals surface area contributed by atoms with Crippen molar-refractivity contribution in [3.8, 4) is 0 Å². The largest absolute Gasteiger partial charge is 0.388 e. The van der Waals surface area contributed by atoms with Crippen molar-refractivity contribution in [1.82, 2.24) is 5.43 Å². The van der Waals surface area contributed by atoms with Gasteiger partial charge < -0.3 is 5.11 Å². The van der Waals surface area contributed by atoms with Crippen LogP contribution in [0.25, 0.3) is 0 Å². The molecule has 2 aromatic carbocycles. The van der Waals surface area contributed by atoms with Gasteiger partial charge in [-0.1, -0.05) is 58.4 Å². The number of hydrogen-bond acceptors (Lipinski definition) is 3. The molecule has 4 nitrogen and oxygen atoms in total. The molecule has 0 aliphatic rings.